The lowest BCUT2D eigenvalue weighted by Crippen LogP contribution is -2.20. The number of fused-ring (bicyclic) bond motifs is 2. The highest BCUT2D eigenvalue weighted by atomic mass is 79.9. The number of nitro benzene ring substituents is 1. The molecule has 2 aromatic heterocycles. The standard InChI is InChI=1S/C27H19BrN4O7/c1-2-37-24(33)15-38-25-17(11-18(28)13-21(25)32(35)36)14-29-31-26(23-12-16-7-3-6-10-22(16)39-23)30-20-9-5-4-8-19(20)27(31)34/h3-14H,2,15H2,1H3. The van der Waals surface area contributed by atoms with Crippen LogP contribution in [0, 0.1) is 10.1 Å². The molecule has 0 aliphatic carbocycles. The lowest BCUT2D eigenvalue weighted by molar-refractivity contribution is -0.385. The topological polar surface area (TPSA) is 139 Å². The number of carbonyl (C=O) groups is 1. The Morgan fingerprint density at radius 1 is 1.18 bits per heavy atom. The first-order valence-corrected chi connectivity index (χ1v) is 12.5. The Morgan fingerprint density at radius 2 is 1.95 bits per heavy atom. The minimum atomic E-state index is -0.695. The Kier molecular flexibility index (Phi) is 7.19. The number of nitro groups is 1. The zero-order chi connectivity index (χ0) is 27.5. The van der Waals surface area contributed by atoms with Crippen LogP contribution in [0.25, 0.3) is 33.5 Å². The summed E-state index contributed by atoms with van der Waals surface area (Å²) in [6.07, 6.45) is 1.22. The maximum atomic E-state index is 13.5. The number of hydrogen-bond donors (Lipinski definition) is 0. The number of para-hydroxylation sites is 2. The van der Waals surface area contributed by atoms with Crippen molar-refractivity contribution in [2.24, 2.45) is 5.10 Å². The molecule has 2 heterocycles. The van der Waals surface area contributed by atoms with Crippen molar-refractivity contribution in [3.05, 3.63) is 97.2 Å². The lowest BCUT2D eigenvalue weighted by Gasteiger charge is -2.11. The van der Waals surface area contributed by atoms with Crippen molar-refractivity contribution < 1.29 is 23.6 Å². The highest BCUT2D eigenvalue weighted by molar-refractivity contribution is 9.10. The molecule has 0 aliphatic heterocycles. The summed E-state index contributed by atoms with van der Waals surface area (Å²) in [6, 6.07) is 18.6. The van der Waals surface area contributed by atoms with Crippen LogP contribution in [0.5, 0.6) is 5.75 Å². The van der Waals surface area contributed by atoms with E-state index in [1.54, 1.807) is 43.3 Å². The van der Waals surface area contributed by atoms with E-state index >= 15 is 0 Å². The lowest BCUT2D eigenvalue weighted by atomic mass is 10.2. The molecule has 0 saturated carbocycles. The summed E-state index contributed by atoms with van der Waals surface area (Å²) >= 11 is 3.26. The second kappa shape index (κ2) is 10.9. The van der Waals surface area contributed by atoms with Crippen LogP contribution in [0.4, 0.5) is 5.69 Å². The van der Waals surface area contributed by atoms with Gasteiger partial charge in [-0.2, -0.15) is 9.78 Å². The average Bonchev–Trinajstić information content (AvgIpc) is 3.36. The first-order valence-electron chi connectivity index (χ1n) is 11.7. The van der Waals surface area contributed by atoms with E-state index in [1.165, 1.54) is 18.3 Å². The van der Waals surface area contributed by atoms with Gasteiger partial charge < -0.3 is 13.9 Å². The van der Waals surface area contributed by atoms with Gasteiger partial charge in [-0.25, -0.2) is 9.78 Å². The third kappa shape index (κ3) is 5.27. The molecule has 0 bridgehead atoms. The zero-order valence-corrected chi connectivity index (χ0v) is 22.0. The number of halogens is 1. The van der Waals surface area contributed by atoms with Gasteiger partial charge in [0, 0.05) is 21.5 Å². The summed E-state index contributed by atoms with van der Waals surface area (Å²) < 4.78 is 17.7. The molecular formula is C27H19BrN4O7. The number of carbonyl (C=O) groups excluding carboxylic acids is 1. The Hall–Kier alpha value is -4.84. The number of furan rings is 1. The summed E-state index contributed by atoms with van der Waals surface area (Å²) in [7, 11) is 0. The van der Waals surface area contributed by atoms with E-state index in [-0.39, 0.29) is 23.7 Å². The van der Waals surface area contributed by atoms with Crippen LogP contribution in [0.3, 0.4) is 0 Å². The number of aromatic nitrogens is 2. The maximum Gasteiger partial charge on any atom is 0.344 e. The van der Waals surface area contributed by atoms with Crippen LogP contribution < -0.4 is 10.3 Å². The fourth-order valence-electron chi connectivity index (χ4n) is 3.92. The monoisotopic (exact) mass is 590 g/mol. The van der Waals surface area contributed by atoms with Gasteiger partial charge in [-0.1, -0.05) is 46.3 Å². The highest BCUT2D eigenvalue weighted by Gasteiger charge is 2.22. The molecule has 3 aromatic carbocycles. The van der Waals surface area contributed by atoms with E-state index in [1.807, 2.05) is 18.2 Å². The van der Waals surface area contributed by atoms with Crippen LogP contribution in [0.2, 0.25) is 0 Å². The fourth-order valence-corrected chi connectivity index (χ4v) is 4.39. The van der Waals surface area contributed by atoms with Crippen molar-refractivity contribution in [1.29, 1.82) is 0 Å². The van der Waals surface area contributed by atoms with Gasteiger partial charge in [0.15, 0.2) is 12.4 Å². The Balaban J connectivity index is 1.67. The van der Waals surface area contributed by atoms with Gasteiger partial charge in [0.2, 0.25) is 11.6 Å². The zero-order valence-electron chi connectivity index (χ0n) is 20.4. The summed E-state index contributed by atoms with van der Waals surface area (Å²) in [5.41, 5.74) is 0.294. The van der Waals surface area contributed by atoms with Gasteiger partial charge >= 0.3 is 11.7 Å². The number of esters is 1. The molecule has 0 fully saturated rings. The van der Waals surface area contributed by atoms with Crippen LogP contribution >= 0.6 is 15.9 Å². The third-order valence-corrected chi connectivity index (χ3v) is 6.07. The van der Waals surface area contributed by atoms with Crippen LogP contribution in [0.1, 0.15) is 12.5 Å². The summed E-state index contributed by atoms with van der Waals surface area (Å²) in [5, 5.41) is 17.2. The molecule has 0 aliphatic rings. The molecule has 5 rings (SSSR count). The second-order valence-corrected chi connectivity index (χ2v) is 9.07. The predicted molar refractivity (Wildman–Crippen MR) is 147 cm³/mol. The molecular weight excluding hydrogens is 572 g/mol. The van der Waals surface area contributed by atoms with Crippen molar-refractivity contribution in [3.8, 4) is 17.3 Å². The SMILES string of the molecule is CCOC(=O)COc1c(C=Nn2c(-c3cc4ccccc4o3)nc3ccccc3c2=O)cc(Br)cc1[N+](=O)[O-]. The molecule has 5 aromatic rings. The highest BCUT2D eigenvalue weighted by Crippen LogP contribution is 2.34. The molecule has 0 atom stereocenters. The van der Waals surface area contributed by atoms with E-state index in [0.29, 0.717) is 26.7 Å². The number of hydrogen-bond acceptors (Lipinski definition) is 9. The molecule has 39 heavy (non-hydrogen) atoms. The van der Waals surface area contributed by atoms with E-state index < -0.39 is 28.7 Å². The number of benzene rings is 3. The molecule has 0 saturated heterocycles. The quantitative estimate of drug-likeness (QED) is 0.103. The first kappa shape index (κ1) is 25.8. The predicted octanol–water partition coefficient (Wildman–Crippen LogP) is 5.30. The minimum Gasteiger partial charge on any atom is -0.474 e. The second-order valence-electron chi connectivity index (χ2n) is 8.16. The average molecular weight is 591 g/mol. The van der Waals surface area contributed by atoms with Gasteiger partial charge in [-0.15, -0.1) is 0 Å². The van der Waals surface area contributed by atoms with E-state index in [9.17, 15) is 19.7 Å². The summed E-state index contributed by atoms with van der Waals surface area (Å²) in [5.74, 6) is -0.480. The van der Waals surface area contributed by atoms with Crippen LogP contribution in [0.15, 0.2) is 85.5 Å². The molecule has 0 unspecified atom stereocenters. The molecule has 0 spiro atoms. The van der Waals surface area contributed by atoms with Gasteiger partial charge in [0.25, 0.3) is 5.56 Å². The van der Waals surface area contributed by atoms with Crippen molar-refractivity contribution in [2.75, 3.05) is 13.2 Å². The van der Waals surface area contributed by atoms with Crippen molar-refractivity contribution in [2.45, 2.75) is 6.92 Å². The number of nitrogens with zero attached hydrogens (tertiary/aromatic N) is 4. The van der Waals surface area contributed by atoms with Gasteiger partial charge in [-0.05, 0) is 37.3 Å². The van der Waals surface area contributed by atoms with Crippen molar-refractivity contribution in [1.82, 2.24) is 9.66 Å². The molecule has 0 amide bonds. The first-order chi connectivity index (χ1) is 18.9. The maximum absolute atomic E-state index is 13.5. The van der Waals surface area contributed by atoms with E-state index in [2.05, 4.69) is 26.0 Å². The van der Waals surface area contributed by atoms with Crippen LogP contribution in [-0.4, -0.2) is 40.0 Å². The smallest absolute Gasteiger partial charge is 0.344 e. The largest absolute Gasteiger partial charge is 0.474 e. The minimum absolute atomic E-state index is 0.126. The van der Waals surface area contributed by atoms with Gasteiger partial charge in [-0.3, -0.25) is 14.9 Å². The van der Waals surface area contributed by atoms with Crippen molar-refractivity contribution >= 4 is 55.7 Å². The molecule has 0 radical (unpaired) electrons. The summed E-state index contributed by atoms with van der Waals surface area (Å²) in [6.45, 7) is 1.20. The van der Waals surface area contributed by atoms with Crippen molar-refractivity contribution in [3.63, 3.8) is 0 Å². The van der Waals surface area contributed by atoms with Crippen LogP contribution in [-0.2, 0) is 9.53 Å². The number of rotatable bonds is 8. The molecule has 11 nitrogen and oxygen atoms in total. The Labute approximate surface area is 228 Å². The van der Waals surface area contributed by atoms with E-state index in [0.717, 1.165) is 10.1 Å². The van der Waals surface area contributed by atoms with E-state index in [4.69, 9.17) is 13.9 Å². The number of ether oxygens (including phenoxy) is 2. The fraction of sp³-hybridized carbons (Fsp3) is 0.111. The normalized spacial score (nSPS) is 11.3. The molecule has 196 valence electrons. The Bertz CT molecular complexity index is 1790. The third-order valence-electron chi connectivity index (χ3n) is 5.61. The van der Waals surface area contributed by atoms with Gasteiger partial charge in [0.1, 0.15) is 5.58 Å². The molecule has 12 heteroatoms. The van der Waals surface area contributed by atoms with Gasteiger partial charge in [0.05, 0.1) is 28.6 Å². The summed E-state index contributed by atoms with van der Waals surface area (Å²) in [4.78, 5) is 41.1. The Morgan fingerprint density at radius 3 is 2.72 bits per heavy atom. The molecule has 0 N–H and O–H groups in total.